The number of carbonyl (C=O) groups excluding carboxylic acids is 8. The molecule has 3 unspecified atom stereocenters. The molecular formula is C104H103BF2N5NaO25P3. The van der Waals surface area contributed by atoms with Crippen LogP contribution in [0.5, 0.6) is 40.2 Å². The fraction of sp³-hybridized carbons (Fsp3) is 0.221. The molecule has 141 heavy (non-hydrogen) atoms. The summed E-state index contributed by atoms with van der Waals surface area (Å²) in [5.41, 5.74) is 4.50. The molecule has 37 heteroatoms. The number of halogens is 2. The number of aromatic nitrogens is 2. The van der Waals surface area contributed by atoms with Crippen molar-refractivity contribution < 1.29 is 156 Å². The van der Waals surface area contributed by atoms with Crippen LogP contribution < -0.4 is 57.3 Å². The van der Waals surface area contributed by atoms with Crippen molar-refractivity contribution >= 4 is 101 Å². The van der Waals surface area contributed by atoms with Gasteiger partial charge in [0.1, 0.15) is 93.8 Å². The Morgan fingerprint density at radius 2 is 0.723 bits per heavy atom. The van der Waals surface area contributed by atoms with E-state index in [1.54, 1.807) is 142 Å². The van der Waals surface area contributed by atoms with Crippen molar-refractivity contribution in [3.63, 3.8) is 0 Å². The molecule has 15 rings (SSSR count). The summed E-state index contributed by atoms with van der Waals surface area (Å²) < 4.78 is 133. The van der Waals surface area contributed by atoms with Gasteiger partial charge in [0.25, 0.3) is 23.6 Å². The maximum Gasteiger partial charge on any atom is 1.00 e. The molecule has 0 saturated heterocycles. The van der Waals surface area contributed by atoms with Gasteiger partial charge in [-0.1, -0.05) is 215 Å². The van der Waals surface area contributed by atoms with Crippen LogP contribution in [0.15, 0.2) is 298 Å². The fourth-order valence-corrected chi connectivity index (χ4v) is 18.5. The van der Waals surface area contributed by atoms with E-state index in [1.165, 1.54) is 75.5 Å². The number of amides is 4. The molecule has 4 amide bonds. The number of phenolic OH excluding ortho intramolecular Hbond substituents is 1. The molecule has 0 bridgehead atoms. The molecule has 0 aliphatic carbocycles. The number of aliphatic hydroxyl groups is 1. The molecule has 2 aliphatic heterocycles. The maximum absolute atomic E-state index is 14.6. The summed E-state index contributed by atoms with van der Waals surface area (Å²) in [6.07, 6.45) is -2.20. The van der Waals surface area contributed by atoms with Gasteiger partial charge in [0.15, 0.2) is 29.8 Å². The summed E-state index contributed by atoms with van der Waals surface area (Å²) >= 11 is 0. The number of nitrogens with zero attached hydrogens (tertiary/aromatic N) is 5. The van der Waals surface area contributed by atoms with E-state index >= 15 is 0 Å². The van der Waals surface area contributed by atoms with Crippen LogP contribution in [0.25, 0.3) is 21.8 Å². The van der Waals surface area contributed by atoms with E-state index in [1.807, 2.05) is 121 Å². The summed E-state index contributed by atoms with van der Waals surface area (Å²) in [7, 11) is -11.5. The molecule has 727 valence electrons. The van der Waals surface area contributed by atoms with E-state index in [4.69, 9.17) is 72.5 Å². The third-order valence-electron chi connectivity index (χ3n) is 20.2. The minimum atomic E-state index is -4.14. The monoisotopic (exact) mass is 1990 g/mol. The first-order valence-corrected chi connectivity index (χ1v) is 48.2. The minimum absolute atomic E-state index is 0. The van der Waals surface area contributed by atoms with Crippen LogP contribution in [0.3, 0.4) is 0 Å². The van der Waals surface area contributed by atoms with Crippen molar-refractivity contribution in [2.75, 3.05) is 51.5 Å². The first-order valence-electron chi connectivity index (χ1n) is 43.0. The van der Waals surface area contributed by atoms with Gasteiger partial charge in [0.05, 0.1) is 63.0 Å². The number of ether oxygens (including phenoxy) is 6. The van der Waals surface area contributed by atoms with Crippen molar-refractivity contribution in [3.05, 3.63) is 371 Å². The number of carbonyl (C=O) groups is 8. The number of aldehydes is 1. The van der Waals surface area contributed by atoms with Crippen molar-refractivity contribution in [2.24, 2.45) is 0 Å². The average molecular weight is 1990 g/mol. The average Bonchev–Trinajstić information content (AvgIpc) is 1.58. The zero-order valence-corrected chi connectivity index (χ0v) is 81.2. The number of esters is 3. The smallest absolute Gasteiger partial charge is 0.512 e. The Morgan fingerprint density at radius 3 is 1.06 bits per heavy atom. The summed E-state index contributed by atoms with van der Waals surface area (Å²) in [6.45, 7) is 13.4. The number of hydrogen-bond acceptors (Lipinski definition) is 28. The van der Waals surface area contributed by atoms with Gasteiger partial charge in [-0.25, -0.2) is 36.9 Å². The molecule has 6 atom stereocenters. The largest absolute Gasteiger partial charge is 1.00 e. The molecular weight excluding hydrogens is 1880 g/mol. The van der Waals surface area contributed by atoms with Gasteiger partial charge < -0.3 is 68.8 Å². The molecule has 13 aromatic rings. The van der Waals surface area contributed by atoms with Gasteiger partial charge in [-0.2, -0.15) is 0 Å². The number of para-hydroxylation sites is 3. The molecule has 2 aliphatic rings. The van der Waals surface area contributed by atoms with Gasteiger partial charge in [-0.15, -0.1) is 0 Å². The van der Waals surface area contributed by atoms with E-state index in [-0.39, 0.29) is 173 Å². The molecule has 30 nitrogen and oxygen atoms in total. The topological polar surface area (TPSA) is 395 Å². The van der Waals surface area contributed by atoms with E-state index in [0.717, 1.165) is 32.1 Å². The number of benzene rings is 11. The van der Waals surface area contributed by atoms with Crippen molar-refractivity contribution in [3.8, 4) is 40.2 Å². The van der Waals surface area contributed by atoms with Crippen LogP contribution >= 0.6 is 22.8 Å². The van der Waals surface area contributed by atoms with Crippen molar-refractivity contribution in [1.82, 2.24) is 19.8 Å². The Kier molecular flexibility index (Phi) is 44.7. The second-order valence-electron chi connectivity index (χ2n) is 29.8. The van der Waals surface area contributed by atoms with Crippen LogP contribution in [0.2, 0.25) is 0 Å². The van der Waals surface area contributed by atoms with E-state index < -0.39 is 113 Å². The molecule has 0 saturated carbocycles. The minimum Gasteiger partial charge on any atom is -0.512 e. The van der Waals surface area contributed by atoms with E-state index in [2.05, 4.69) is 9.97 Å². The second kappa shape index (κ2) is 55.2. The predicted molar refractivity (Wildman–Crippen MR) is 520 cm³/mol. The Hall–Kier alpha value is -13.9. The second-order valence-corrected chi connectivity index (χ2v) is 35.9. The van der Waals surface area contributed by atoms with E-state index in [9.17, 15) is 65.9 Å². The number of pyridine rings is 2. The van der Waals surface area contributed by atoms with Crippen LogP contribution in [0, 0.1) is 23.5 Å². The summed E-state index contributed by atoms with van der Waals surface area (Å²) in [4.78, 5) is 114. The number of hydrogen-bond donors (Lipinski definition) is 2. The molecule has 0 spiro atoms. The molecule has 2 aromatic heterocycles. The number of imide groups is 2. The standard InChI is InChI=1S/C44H38FN2O9P.C31H21FN2O4.C13H19O6P.C13H17O6P.CN.2CH4.B.Na/c1-3-52-44(50)29(2)55-57(51,56-34-18-11-6-12-19-34)27-26-53-40-35-20-13-25-46-38(35)41(54-39(31-14-7-4-8-15-31)32-16-9-5-10-17-32)37-36(40)42(48)47(43(37)49)28-30-21-23-33(45)24-22-30;32-22-15-13-19(14-16-22)18-34-30(36)24-25(31(34)37)29(26-23(27(24)35)12-7-17-33-26)38-28(20-8-3-1-4-9-20)21-10-5-2-6-11-21;2*1-3-17-13(15)11(2)18-20(16,10-9-14)19-12-7-5-4-6-8-12;1-2;;;;/h4-25,29,39H,3,26-28H2,1-2H3;1-17,28,35H,18H2;4-8,11,14H,3,9-10H2,1-2H3;4-9,11H,3,10H2,1-2H3;;2*1H4;;/q;;;;-1;;;;+1/t29-,57?;;2*11-,20?;;;;;/m1.11...../s1. The van der Waals surface area contributed by atoms with Crippen molar-refractivity contribution in [1.29, 1.82) is 5.26 Å². The Morgan fingerprint density at radius 1 is 0.426 bits per heavy atom. The summed E-state index contributed by atoms with van der Waals surface area (Å²) in [5, 5.41) is 27.0. The predicted octanol–water partition coefficient (Wildman–Crippen LogP) is 17.6. The fourth-order valence-electron chi connectivity index (χ4n) is 14.0. The first kappa shape index (κ1) is 114. The number of fused-ring (bicyclic) bond motifs is 4. The van der Waals surface area contributed by atoms with Gasteiger partial charge in [-0.3, -0.25) is 52.5 Å². The SMILES string of the molecule is C.C.CCOC(=O)[C@@H](C)OP(=O)(CC=O)Oc1ccccc1.CCOC(=O)[C@@H](C)OP(=O)(CCO)Oc1ccccc1.CCOC(=O)[C@@H](C)OP(=O)(CCOc1c2c(c(OC(c3ccccc3)c3ccccc3)c3ncccc13)C(=O)N(Cc1ccc(F)cc1)C2=O)Oc1ccccc1.O=C1c2c(c(OC(c3ccccc3)c3ccccc3)c3ncccc3c2O)C(=O)N1Cc1ccc(F)cc1.[B].[C-]#N.[Na+]. The number of aromatic hydroxyl groups is 1. The Bertz CT molecular complexity index is 6430. The molecule has 4 heterocycles. The maximum atomic E-state index is 14.6. The van der Waals surface area contributed by atoms with E-state index in [0.29, 0.717) is 39.7 Å². The molecule has 0 fully saturated rings. The first-order chi connectivity index (χ1) is 66.2. The zero-order chi connectivity index (χ0) is 98.2. The number of phenols is 1. The molecule has 2 N–H and O–H groups in total. The number of rotatable bonds is 38. The summed E-state index contributed by atoms with van der Waals surface area (Å²) in [6, 6.07) is 80.7. The number of aliphatic hydroxyl groups excluding tert-OH is 1. The van der Waals surface area contributed by atoms with Crippen LogP contribution in [-0.4, -0.2) is 156 Å². The Labute approximate surface area is 839 Å². The summed E-state index contributed by atoms with van der Waals surface area (Å²) in [5.74, 6) is -4.78. The van der Waals surface area contributed by atoms with Gasteiger partial charge >= 0.3 is 70.3 Å². The molecule has 11 aromatic carbocycles. The van der Waals surface area contributed by atoms with Gasteiger partial charge in [0.2, 0.25) is 0 Å². The van der Waals surface area contributed by atoms with Crippen LogP contribution in [-0.2, 0) is 73.7 Å². The third kappa shape index (κ3) is 30.1. The van der Waals surface area contributed by atoms with Crippen LogP contribution in [0.4, 0.5) is 8.78 Å². The third-order valence-corrected chi connectivity index (χ3v) is 25.7. The normalized spacial score (nSPS) is 13.4. The molecule has 3 radical (unpaired) electrons. The van der Waals surface area contributed by atoms with Crippen LogP contribution in [0.1, 0.15) is 143 Å². The van der Waals surface area contributed by atoms with Crippen molar-refractivity contribution in [2.45, 2.75) is 100 Å². The Balaban J connectivity index is 0.000000277. The quantitative estimate of drug-likeness (QED) is 0.00690. The van der Waals surface area contributed by atoms with Gasteiger partial charge in [0, 0.05) is 31.6 Å². The van der Waals surface area contributed by atoms with Gasteiger partial charge in [-0.05, 0) is 160 Å². The zero-order valence-electron chi connectivity index (χ0n) is 76.5.